The molecule has 1 heterocycles. The molecule has 2 atom stereocenters. The van der Waals surface area contributed by atoms with Crippen molar-refractivity contribution in [1.29, 1.82) is 0 Å². The zero-order chi connectivity index (χ0) is 13.0. The molecule has 0 aromatic rings. The molecule has 2 aliphatic rings. The summed E-state index contributed by atoms with van der Waals surface area (Å²) < 4.78 is 5.99. The first kappa shape index (κ1) is 13.6. The third-order valence-electron chi connectivity index (χ3n) is 4.36. The Balaban J connectivity index is 1.98. The zero-order valence-corrected chi connectivity index (χ0v) is 11.0. The van der Waals surface area contributed by atoms with E-state index in [9.17, 15) is 4.79 Å². The highest BCUT2D eigenvalue weighted by Gasteiger charge is 2.41. The number of hydrogen-bond donors (Lipinski definition) is 1. The molecule has 3 heteroatoms. The molecule has 0 amide bonds. The van der Waals surface area contributed by atoms with Crippen LogP contribution in [0.15, 0.2) is 0 Å². The number of terminal acetylenes is 1. The molecule has 0 aromatic carbocycles. The van der Waals surface area contributed by atoms with Crippen LogP contribution in [0.25, 0.3) is 0 Å². The van der Waals surface area contributed by atoms with E-state index in [-0.39, 0.29) is 17.3 Å². The predicted octanol–water partition coefficient (Wildman–Crippen LogP) is 2.04. The summed E-state index contributed by atoms with van der Waals surface area (Å²) in [7, 11) is 0. The molecule has 18 heavy (non-hydrogen) atoms. The van der Waals surface area contributed by atoms with Crippen molar-refractivity contribution in [3.05, 3.63) is 0 Å². The van der Waals surface area contributed by atoms with E-state index in [2.05, 4.69) is 5.92 Å². The highest BCUT2D eigenvalue weighted by atomic mass is 16.5. The summed E-state index contributed by atoms with van der Waals surface area (Å²) in [5.41, 5.74) is 5.81. The van der Waals surface area contributed by atoms with Crippen LogP contribution in [-0.4, -0.2) is 24.0 Å². The lowest BCUT2D eigenvalue weighted by atomic mass is 9.74. The van der Waals surface area contributed by atoms with Gasteiger partial charge in [-0.1, -0.05) is 19.3 Å². The quantitative estimate of drug-likeness (QED) is 0.779. The second-order valence-electron chi connectivity index (χ2n) is 5.70. The Kier molecular flexibility index (Phi) is 4.42. The average Bonchev–Trinajstić information content (AvgIpc) is 2.39. The van der Waals surface area contributed by atoms with E-state index in [1.165, 1.54) is 19.3 Å². The number of ketones is 1. The van der Waals surface area contributed by atoms with Gasteiger partial charge in [0, 0.05) is 18.9 Å². The minimum atomic E-state index is -0.487. The summed E-state index contributed by atoms with van der Waals surface area (Å²) in [6.45, 7) is 0.694. The van der Waals surface area contributed by atoms with Crippen LogP contribution in [0.1, 0.15) is 51.4 Å². The van der Waals surface area contributed by atoms with Crippen molar-refractivity contribution in [1.82, 2.24) is 0 Å². The Labute approximate surface area is 109 Å². The van der Waals surface area contributed by atoms with Crippen molar-refractivity contribution in [2.45, 2.75) is 63.0 Å². The Morgan fingerprint density at radius 3 is 2.83 bits per heavy atom. The fourth-order valence-corrected chi connectivity index (χ4v) is 3.35. The van der Waals surface area contributed by atoms with Gasteiger partial charge in [-0.25, -0.2) is 0 Å². The lowest BCUT2D eigenvalue weighted by molar-refractivity contribution is -0.143. The van der Waals surface area contributed by atoms with E-state index in [0.29, 0.717) is 13.0 Å². The van der Waals surface area contributed by atoms with Gasteiger partial charge in [0.15, 0.2) is 5.78 Å². The van der Waals surface area contributed by atoms with Crippen LogP contribution in [-0.2, 0) is 9.53 Å². The molecule has 2 fully saturated rings. The van der Waals surface area contributed by atoms with Gasteiger partial charge >= 0.3 is 0 Å². The number of rotatable bonds is 3. The first-order chi connectivity index (χ1) is 8.67. The zero-order valence-electron chi connectivity index (χ0n) is 11.0. The minimum absolute atomic E-state index is 0.0350. The maximum absolute atomic E-state index is 12.2. The van der Waals surface area contributed by atoms with Crippen molar-refractivity contribution in [2.24, 2.45) is 11.7 Å². The Hall–Kier alpha value is -0.850. The first-order valence-corrected chi connectivity index (χ1v) is 7.04. The van der Waals surface area contributed by atoms with Crippen LogP contribution >= 0.6 is 0 Å². The van der Waals surface area contributed by atoms with Crippen molar-refractivity contribution >= 4 is 5.78 Å². The molecule has 1 saturated carbocycles. The second kappa shape index (κ2) is 5.86. The van der Waals surface area contributed by atoms with Gasteiger partial charge < -0.3 is 10.5 Å². The molecule has 0 bridgehead atoms. The largest absolute Gasteiger partial charge is 0.375 e. The summed E-state index contributed by atoms with van der Waals surface area (Å²) >= 11 is 0. The maximum atomic E-state index is 12.2. The monoisotopic (exact) mass is 249 g/mol. The predicted molar refractivity (Wildman–Crippen MR) is 70.9 cm³/mol. The van der Waals surface area contributed by atoms with Crippen molar-refractivity contribution in [3.8, 4) is 12.3 Å². The molecule has 2 unspecified atom stereocenters. The molecule has 1 aliphatic carbocycles. The Morgan fingerprint density at radius 2 is 2.17 bits per heavy atom. The van der Waals surface area contributed by atoms with Gasteiger partial charge in [0.1, 0.15) is 0 Å². The second-order valence-corrected chi connectivity index (χ2v) is 5.70. The summed E-state index contributed by atoms with van der Waals surface area (Å²) in [5, 5.41) is 0. The van der Waals surface area contributed by atoms with Crippen LogP contribution in [0.2, 0.25) is 0 Å². The van der Waals surface area contributed by atoms with Gasteiger partial charge in [0.05, 0.1) is 11.6 Å². The van der Waals surface area contributed by atoms with Gasteiger partial charge in [-0.3, -0.25) is 4.79 Å². The third-order valence-corrected chi connectivity index (χ3v) is 4.36. The molecule has 2 rings (SSSR count). The summed E-state index contributed by atoms with van der Waals surface area (Å²) in [6, 6.07) is -0.487. The molecule has 3 nitrogen and oxygen atoms in total. The molecule has 2 N–H and O–H groups in total. The first-order valence-electron chi connectivity index (χ1n) is 7.04. The van der Waals surface area contributed by atoms with Crippen LogP contribution in [0, 0.1) is 18.3 Å². The Morgan fingerprint density at radius 1 is 1.44 bits per heavy atom. The Bertz CT molecular complexity index is 333. The summed E-state index contributed by atoms with van der Waals surface area (Å²) in [4.78, 5) is 12.2. The molecule has 1 aliphatic heterocycles. The standard InChI is InChI=1S/C15H23NO2/c1-2-6-13(16)14(17)12-7-10-18-15(11-12)8-4-3-5-9-15/h1,12-13H,3-11,16H2. The van der Waals surface area contributed by atoms with Gasteiger partial charge in [0.2, 0.25) is 0 Å². The maximum Gasteiger partial charge on any atom is 0.153 e. The fourth-order valence-electron chi connectivity index (χ4n) is 3.35. The highest BCUT2D eigenvalue weighted by molar-refractivity contribution is 5.86. The van der Waals surface area contributed by atoms with E-state index < -0.39 is 6.04 Å². The van der Waals surface area contributed by atoms with E-state index >= 15 is 0 Å². The molecular weight excluding hydrogens is 226 g/mol. The smallest absolute Gasteiger partial charge is 0.153 e. The van der Waals surface area contributed by atoms with Crippen LogP contribution in [0.5, 0.6) is 0 Å². The van der Waals surface area contributed by atoms with Crippen LogP contribution in [0.3, 0.4) is 0 Å². The topological polar surface area (TPSA) is 52.3 Å². The average molecular weight is 249 g/mol. The van der Waals surface area contributed by atoms with Gasteiger partial charge in [-0.15, -0.1) is 12.3 Å². The fraction of sp³-hybridized carbons (Fsp3) is 0.800. The van der Waals surface area contributed by atoms with Crippen molar-refractivity contribution in [2.75, 3.05) is 6.61 Å². The number of ether oxygens (including phenoxy) is 1. The van der Waals surface area contributed by atoms with Crippen molar-refractivity contribution in [3.63, 3.8) is 0 Å². The molecule has 0 radical (unpaired) electrons. The molecule has 100 valence electrons. The number of carbonyl (C=O) groups excluding carboxylic acids is 1. The molecule has 0 aromatic heterocycles. The van der Waals surface area contributed by atoms with E-state index in [4.69, 9.17) is 16.9 Å². The number of nitrogens with two attached hydrogens (primary N) is 1. The van der Waals surface area contributed by atoms with Gasteiger partial charge in [0.25, 0.3) is 0 Å². The summed E-state index contributed by atoms with van der Waals surface area (Å²) in [5.74, 6) is 2.68. The molecule has 1 saturated heterocycles. The normalized spacial score (nSPS) is 28.6. The minimum Gasteiger partial charge on any atom is -0.375 e. The van der Waals surface area contributed by atoms with Crippen LogP contribution < -0.4 is 5.73 Å². The molecule has 1 spiro atoms. The van der Waals surface area contributed by atoms with Crippen LogP contribution in [0.4, 0.5) is 0 Å². The number of carbonyl (C=O) groups is 1. The van der Waals surface area contributed by atoms with E-state index in [0.717, 1.165) is 25.7 Å². The molecular formula is C15H23NO2. The lowest BCUT2D eigenvalue weighted by Gasteiger charge is -2.43. The van der Waals surface area contributed by atoms with E-state index in [1.54, 1.807) is 0 Å². The lowest BCUT2D eigenvalue weighted by Crippen LogP contribution is -2.46. The summed E-state index contributed by atoms with van der Waals surface area (Å²) in [6.07, 6.45) is 13.2. The van der Waals surface area contributed by atoms with E-state index in [1.807, 2.05) is 0 Å². The SMILES string of the molecule is C#CCC(N)C(=O)C1CCOC2(CCCCC2)C1. The highest BCUT2D eigenvalue weighted by Crippen LogP contribution is 2.41. The third kappa shape index (κ3) is 2.93. The number of hydrogen-bond acceptors (Lipinski definition) is 3. The number of Topliss-reactive ketones (excluding diaryl/α,β-unsaturated/α-hetero) is 1. The van der Waals surface area contributed by atoms with Gasteiger partial charge in [-0.2, -0.15) is 0 Å². The van der Waals surface area contributed by atoms with Crippen molar-refractivity contribution < 1.29 is 9.53 Å². The van der Waals surface area contributed by atoms with Gasteiger partial charge in [-0.05, 0) is 25.7 Å².